The molecule has 3 aromatic heterocycles. The molecule has 0 saturated carbocycles. The third kappa shape index (κ3) is 2.92. The van der Waals surface area contributed by atoms with Gasteiger partial charge in [0.2, 0.25) is 0 Å². The van der Waals surface area contributed by atoms with Crippen LogP contribution in [-0.2, 0) is 0 Å². The Balaban J connectivity index is 1.61. The van der Waals surface area contributed by atoms with Crippen LogP contribution in [0.1, 0.15) is 40.6 Å². The first kappa shape index (κ1) is 16.6. The van der Waals surface area contributed by atoms with Crippen molar-refractivity contribution in [1.29, 1.82) is 0 Å². The Morgan fingerprint density at radius 1 is 1.23 bits per heavy atom. The lowest BCUT2D eigenvalue weighted by Crippen LogP contribution is -2.40. The molecule has 0 aromatic carbocycles. The molecule has 1 amide bonds. The standard InChI is InChI=1S/C20H23N5O/c1-15-11-19(16(2)25(15)17-5-3-7-21-12-17)20(26)23-9-4-6-18(13-23)24-10-8-22-14-24/h3,5,7-8,10-12,14,18H,4,6,9,13H2,1-2H3/t18-/m1/s1. The number of hydrogen-bond acceptors (Lipinski definition) is 3. The zero-order chi connectivity index (χ0) is 18.1. The fourth-order valence-corrected chi connectivity index (χ4v) is 3.90. The molecule has 0 bridgehead atoms. The van der Waals surface area contributed by atoms with E-state index in [0.717, 1.165) is 48.6 Å². The number of likely N-dealkylation sites (tertiary alicyclic amines) is 1. The van der Waals surface area contributed by atoms with E-state index in [1.165, 1.54) is 0 Å². The molecule has 0 spiro atoms. The minimum absolute atomic E-state index is 0.109. The van der Waals surface area contributed by atoms with E-state index in [2.05, 4.69) is 19.1 Å². The van der Waals surface area contributed by atoms with E-state index in [-0.39, 0.29) is 5.91 Å². The summed E-state index contributed by atoms with van der Waals surface area (Å²) in [7, 11) is 0. The van der Waals surface area contributed by atoms with E-state index < -0.39 is 0 Å². The van der Waals surface area contributed by atoms with Crippen LogP contribution < -0.4 is 0 Å². The summed E-state index contributed by atoms with van der Waals surface area (Å²) in [4.78, 5) is 23.5. The monoisotopic (exact) mass is 349 g/mol. The van der Waals surface area contributed by atoms with E-state index in [1.807, 2.05) is 55.7 Å². The minimum Gasteiger partial charge on any atom is -0.337 e. The van der Waals surface area contributed by atoms with Crippen molar-refractivity contribution < 1.29 is 4.79 Å². The Morgan fingerprint density at radius 2 is 2.12 bits per heavy atom. The number of amides is 1. The largest absolute Gasteiger partial charge is 0.337 e. The summed E-state index contributed by atoms with van der Waals surface area (Å²) >= 11 is 0. The molecule has 6 nitrogen and oxygen atoms in total. The van der Waals surface area contributed by atoms with E-state index in [0.29, 0.717) is 6.04 Å². The van der Waals surface area contributed by atoms with Crippen LogP contribution in [0.15, 0.2) is 49.3 Å². The summed E-state index contributed by atoms with van der Waals surface area (Å²) < 4.78 is 4.20. The van der Waals surface area contributed by atoms with Crippen LogP contribution in [0, 0.1) is 13.8 Å². The molecule has 0 radical (unpaired) electrons. The zero-order valence-electron chi connectivity index (χ0n) is 15.2. The second-order valence-electron chi connectivity index (χ2n) is 6.89. The number of pyridine rings is 1. The summed E-state index contributed by atoms with van der Waals surface area (Å²) in [6.07, 6.45) is 11.3. The van der Waals surface area contributed by atoms with E-state index >= 15 is 0 Å². The van der Waals surface area contributed by atoms with Gasteiger partial charge in [-0.1, -0.05) is 0 Å². The lowest BCUT2D eigenvalue weighted by Gasteiger charge is -2.33. The number of nitrogens with zero attached hydrogens (tertiary/aromatic N) is 5. The second kappa shape index (κ2) is 6.78. The van der Waals surface area contributed by atoms with Crippen LogP contribution in [0.25, 0.3) is 5.69 Å². The molecule has 1 aliphatic heterocycles. The van der Waals surface area contributed by atoms with Crippen LogP contribution >= 0.6 is 0 Å². The molecule has 1 atom stereocenters. The lowest BCUT2D eigenvalue weighted by molar-refractivity contribution is 0.0678. The van der Waals surface area contributed by atoms with Gasteiger partial charge in [0.25, 0.3) is 5.91 Å². The quantitative estimate of drug-likeness (QED) is 0.730. The Hall–Kier alpha value is -2.89. The molecule has 0 unspecified atom stereocenters. The number of carbonyl (C=O) groups is 1. The Labute approximate surface area is 153 Å². The van der Waals surface area contributed by atoms with Gasteiger partial charge in [-0.25, -0.2) is 4.98 Å². The topological polar surface area (TPSA) is 56.0 Å². The van der Waals surface area contributed by atoms with Crippen molar-refractivity contribution in [3.63, 3.8) is 0 Å². The molecule has 1 aliphatic rings. The fraction of sp³-hybridized carbons (Fsp3) is 0.350. The van der Waals surface area contributed by atoms with Gasteiger partial charge in [0.15, 0.2) is 0 Å². The highest BCUT2D eigenvalue weighted by molar-refractivity contribution is 5.96. The highest BCUT2D eigenvalue weighted by Gasteiger charge is 2.27. The van der Waals surface area contributed by atoms with Crippen LogP contribution in [-0.4, -0.2) is 43.0 Å². The van der Waals surface area contributed by atoms with E-state index in [9.17, 15) is 4.79 Å². The van der Waals surface area contributed by atoms with Gasteiger partial charge in [-0.15, -0.1) is 0 Å². The second-order valence-corrected chi connectivity index (χ2v) is 6.89. The first-order valence-corrected chi connectivity index (χ1v) is 9.01. The van der Waals surface area contributed by atoms with Crippen molar-refractivity contribution in [3.05, 3.63) is 66.3 Å². The Bertz CT molecular complexity index is 898. The zero-order valence-corrected chi connectivity index (χ0v) is 15.2. The maximum absolute atomic E-state index is 13.2. The van der Waals surface area contributed by atoms with Crippen LogP contribution in [0.3, 0.4) is 0 Å². The average molecular weight is 349 g/mol. The molecule has 0 aliphatic carbocycles. The highest BCUT2D eigenvalue weighted by Crippen LogP contribution is 2.26. The number of aromatic nitrogens is 4. The van der Waals surface area contributed by atoms with Crippen molar-refractivity contribution >= 4 is 5.91 Å². The summed E-state index contributed by atoms with van der Waals surface area (Å²) in [5, 5.41) is 0. The number of aryl methyl sites for hydroxylation is 1. The number of rotatable bonds is 3. The third-order valence-corrected chi connectivity index (χ3v) is 5.20. The summed E-state index contributed by atoms with van der Waals surface area (Å²) in [5.41, 5.74) is 3.77. The van der Waals surface area contributed by atoms with Crippen molar-refractivity contribution in [3.8, 4) is 5.69 Å². The van der Waals surface area contributed by atoms with Crippen LogP contribution in [0.4, 0.5) is 0 Å². The Kier molecular flexibility index (Phi) is 4.32. The van der Waals surface area contributed by atoms with Gasteiger partial charge in [0.05, 0.1) is 29.8 Å². The Morgan fingerprint density at radius 3 is 2.85 bits per heavy atom. The van der Waals surface area contributed by atoms with Gasteiger partial charge in [0, 0.05) is 43.1 Å². The van der Waals surface area contributed by atoms with Gasteiger partial charge in [-0.05, 0) is 44.9 Å². The third-order valence-electron chi connectivity index (χ3n) is 5.20. The molecule has 0 N–H and O–H groups in total. The molecular formula is C20H23N5O. The number of imidazole rings is 1. The van der Waals surface area contributed by atoms with Crippen molar-refractivity contribution in [2.45, 2.75) is 32.7 Å². The molecule has 6 heteroatoms. The van der Waals surface area contributed by atoms with Crippen molar-refractivity contribution in [2.24, 2.45) is 0 Å². The molecule has 26 heavy (non-hydrogen) atoms. The van der Waals surface area contributed by atoms with E-state index in [1.54, 1.807) is 12.4 Å². The maximum Gasteiger partial charge on any atom is 0.255 e. The van der Waals surface area contributed by atoms with Crippen molar-refractivity contribution in [2.75, 3.05) is 13.1 Å². The molecule has 134 valence electrons. The van der Waals surface area contributed by atoms with Gasteiger partial charge >= 0.3 is 0 Å². The average Bonchev–Trinajstić information content (AvgIpc) is 3.30. The first-order chi connectivity index (χ1) is 12.6. The fourth-order valence-electron chi connectivity index (χ4n) is 3.90. The lowest BCUT2D eigenvalue weighted by atomic mass is 10.0. The molecule has 1 fully saturated rings. The molecule has 1 saturated heterocycles. The number of hydrogen-bond donors (Lipinski definition) is 0. The minimum atomic E-state index is 0.109. The smallest absolute Gasteiger partial charge is 0.255 e. The number of carbonyl (C=O) groups excluding carboxylic acids is 1. The highest BCUT2D eigenvalue weighted by atomic mass is 16.2. The van der Waals surface area contributed by atoms with E-state index in [4.69, 9.17) is 0 Å². The predicted octanol–water partition coefficient (Wildman–Crippen LogP) is 3.16. The van der Waals surface area contributed by atoms with Gasteiger partial charge in [-0.3, -0.25) is 9.78 Å². The maximum atomic E-state index is 13.2. The SMILES string of the molecule is Cc1cc(C(=O)N2CCC[C@@H](n3ccnc3)C2)c(C)n1-c1cccnc1. The van der Waals surface area contributed by atoms with Gasteiger partial charge in [-0.2, -0.15) is 0 Å². The molecule has 4 rings (SSSR count). The summed E-state index contributed by atoms with van der Waals surface area (Å²) in [5.74, 6) is 0.109. The van der Waals surface area contributed by atoms with Crippen molar-refractivity contribution in [1.82, 2.24) is 24.0 Å². The normalized spacial score (nSPS) is 17.5. The predicted molar refractivity (Wildman–Crippen MR) is 99.4 cm³/mol. The molecule has 4 heterocycles. The first-order valence-electron chi connectivity index (χ1n) is 9.01. The summed E-state index contributed by atoms with van der Waals surface area (Å²) in [6.45, 7) is 5.57. The van der Waals surface area contributed by atoms with Gasteiger partial charge in [0.1, 0.15) is 0 Å². The van der Waals surface area contributed by atoms with Crippen LogP contribution in [0.5, 0.6) is 0 Å². The van der Waals surface area contributed by atoms with Gasteiger partial charge < -0.3 is 14.0 Å². The summed E-state index contributed by atoms with van der Waals surface area (Å²) in [6, 6.07) is 6.22. The van der Waals surface area contributed by atoms with Crippen LogP contribution in [0.2, 0.25) is 0 Å². The molecule has 3 aromatic rings. The molecular weight excluding hydrogens is 326 g/mol. The number of piperidine rings is 1.